The molecule has 39 heavy (non-hydrogen) atoms. The molecule has 3 aromatic carbocycles. The van der Waals surface area contributed by atoms with Crippen LogP contribution in [-0.4, -0.2) is 12.6 Å². The van der Waals surface area contributed by atoms with Gasteiger partial charge in [-0.2, -0.15) is 0 Å². The van der Waals surface area contributed by atoms with Crippen LogP contribution in [0.4, 0.5) is 0 Å². The Bertz CT molecular complexity index is 1600. The summed E-state index contributed by atoms with van der Waals surface area (Å²) in [7, 11) is -1.19. The van der Waals surface area contributed by atoms with Gasteiger partial charge in [0.2, 0.25) is 0 Å². The number of para-hydroxylation sites is 1. The van der Waals surface area contributed by atoms with Crippen LogP contribution in [0.3, 0.4) is 0 Å². The van der Waals surface area contributed by atoms with Crippen LogP contribution in [0.2, 0.25) is 13.1 Å². The van der Waals surface area contributed by atoms with E-state index in [-0.39, 0.29) is 24.8 Å². The van der Waals surface area contributed by atoms with Gasteiger partial charge in [0.15, 0.2) is 0 Å². The molecule has 0 amide bonds. The van der Waals surface area contributed by atoms with Crippen LogP contribution in [-0.2, 0) is 24.7 Å². The van der Waals surface area contributed by atoms with Crippen molar-refractivity contribution in [3.63, 3.8) is 0 Å². The first kappa shape index (κ1) is 30.1. The predicted octanol–water partition coefficient (Wildman–Crippen LogP) is 3.13. The number of hydrogen-bond donors (Lipinski definition) is 0. The molecule has 2 atom stereocenters. The summed E-state index contributed by atoms with van der Waals surface area (Å²) in [6.07, 6.45) is 2.36. The monoisotopic (exact) mass is 644 g/mol. The van der Waals surface area contributed by atoms with Gasteiger partial charge in [0.25, 0.3) is 0 Å². The fourth-order valence-electron chi connectivity index (χ4n) is 6.96. The molecule has 2 bridgehead atoms. The van der Waals surface area contributed by atoms with E-state index in [4.69, 9.17) is 0 Å². The molecule has 0 saturated carbocycles. The standard InChI is InChI=1S/C17H19NSi.C17H15.2ClH.Zr/c1-11-10-14-15(17-12(2)16(14)19(17,3)4)18(11)13-8-6-5-7-9-13;1-12-6-8-14(9-7-12)16-5-3-4-15-10-13(2)11-17(15)16;;;/h5-10,16H,1-4H3;3-11H,1-2H3;2*1H;/q;;;;+2/p-2. The van der Waals surface area contributed by atoms with Gasteiger partial charge in [-0.15, -0.1) is 0 Å². The fraction of sp³-hybridized carbons (Fsp3) is 0.235. The van der Waals surface area contributed by atoms with Gasteiger partial charge in [0.1, 0.15) is 0 Å². The van der Waals surface area contributed by atoms with E-state index in [9.17, 15) is 0 Å². The van der Waals surface area contributed by atoms with Crippen molar-refractivity contribution in [1.82, 2.24) is 4.57 Å². The van der Waals surface area contributed by atoms with Crippen molar-refractivity contribution in [2.45, 2.75) is 50.0 Å². The minimum absolute atomic E-state index is 0. The Kier molecular flexibility index (Phi) is 8.61. The number of fused-ring (bicyclic) bond motifs is 1. The molecule has 2 aliphatic heterocycles. The Morgan fingerprint density at radius 1 is 0.769 bits per heavy atom. The molecule has 197 valence electrons. The molecule has 1 aromatic heterocycles. The zero-order valence-electron chi connectivity index (χ0n) is 23.4. The number of halogens is 2. The van der Waals surface area contributed by atoms with Crippen LogP contribution in [0.5, 0.6) is 0 Å². The number of hydrogen-bond acceptors (Lipinski definition) is 0. The molecular weight excluding hydrogens is 613 g/mol. The SMILES string of the molecule is CC1=C2c3c(cc(C)n3-c3ccccc3)C1[Si]2(C)C.CC1=Cc2c(-c3ccc(C)cc3)cccc2[CH]1[Zr+2].[Cl-].[Cl-]. The molecule has 0 spiro atoms. The van der Waals surface area contributed by atoms with E-state index in [2.05, 4.69) is 130 Å². The van der Waals surface area contributed by atoms with Crippen LogP contribution in [0.15, 0.2) is 90.0 Å². The van der Waals surface area contributed by atoms with Crippen molar-refractivity contribution < 1.29 is 49.5 Å². The van der Waals surface area contributed by atoms with Crippen LogP contribution < -0.4 is 24.8 Å². The zero-order chi connectivity index (χ0) is 26.1. The smallest absolute Gasteiger partial charge is 1.00 e. The number of aromatic nitrogens is 1. The summed E-state index contributed by atoms with van der Waals surface area (Å²) in [4.78, 5) is 0. The molecule has 4 aliphatic rings. The molecule has 2 unspecified atom stereocenters. The van der Waals surface area contributed by atoms with Crippen LogP contribution in [0, 0.1) is 13.8 Å². The number of aryl methyl sites for hydroxylation is 2. The average molecular weight is 647 g/mol. The second-order valence-electron chi connectivity index (χ2n) is 11.5. The van der Waals surface area contributed by atoms with E-state index in [0.29, 0.717) is 3.63 Å². The predicted molar refractivity (Wildman–Crippen MR) is 156 cm³/mol. The fourth-order valence-corrected chi connectivity index (χ4v) is 12.1. The molecule has 3 heterocycles. The maximum Gasteiger partial charge on any atom is -1.00 e. The topological polar surface area (TPSA) is 4.93 Å². The molecule has 4 aromatic rings. The Morgan fingerprint density at radius 3 is 2.08 bits per heavy atom. The van der Waals surface area contributed by atoms with Gasteiger partial charge in [-0.1, -0.05) is 36.9 Å². The Morgan fingerprint density at radius 2 is 1.44 bits per heavy atom. The third kappa shape index (κ3) is 4.74. The van der Waals surface area contributed by atoms with Crippen LogP contribution in [0.1, 0.15) is 56.7 Å². The van der Waals surface area contributed by atoms with Crippen molar-refractivity contribution in [3.05, 3.63) is 124 Å². The number of nitrogens with zero attached hydrogens (tertiary/aromatic N) is 1. The van der Waals surface area contributed by atoms with E-state index in [1.165, 1.54) is 50.5 Å². The van der Waals surface area contributed by atoms with Crippen LogP contribution >= 0.6 is 0 Å². The second-order valence-corrected chi connectivity index (χ2v) is 17.4. The molecule has 1 nitrogen and oxygen atoms in total. The summed E-state index contributed by atoms with van der Waals surface area (Å²) >= 11 is 1.59. The van der Waals surface area contributed by atoms with Gasteiger partial charge in [-0.25, -0.2) is 0 Å². The van der Waals surface area contributed by atoms with E-state index in [1.54, 1.807) is 41.1 Å². The summed E-state index contributed by atoms with van der Waals surface area (Å²) < 4.78 is 3.12. The summed E-state index contributed by atoms with van der Waals surface area (Å²) in [5.41, 5.74) is 16.7. The van der Waals surface area contributed by atoms with E-state index in [0.717, 1.165) is 5.54 Å². The molecule has 0 N–H and O–H groups in total. The molecule has 0 radical (unpaired) electrons. The Balaban J connectivity index is 0.000000172. The summed E-state index contributed by atoms with van der Waals surface area (Å²) in [5.74, 6) is 0. The van der Waals surface area contributed by atoms with E-state index in [1.807, 2.05) is 0 Å². The molecular formula is C34H34Cl2NSiZr. The second kappa shape index (κ2) is 11.2. The quantitative estimate of drug-likeness (QED) is 0.295. The first-order chi connectivity index (χ1) is 17.7. The number of benzene rings is 3. The van der Waals surface area contributed by atoms with Gasteiger partial charge >= 0.3 is 124 Å². The number of allylic oxidation sites excluding steroid dienone is 2. The third-order valence-corrected chi connectivity index (χ3v) is 14.6. The molecule has 0 fully saturated rings. The Labute approximate surface area is 262 Å². The van der Waals surface area contributed by atoms with Gasteiger partial charge in [0, 0.05) is 22.6 Å². The van der Waals surface area contributed by atoms with Gasteiger partial charge in [-0.05, 0) is 42.8 Å². The molecule has 2 aliphatic carbocycles. The van der Waals surface area contributed by atoms with Gasteiger partial charge in [-0.3, -0.25) is 0 Å². The average Bonchev–Trinajstić information content (AvgIpc) is 3.53. The maximum absolute atomic E-state index is 2.52. The molecule has 8 rings (SSSR count). The summed E-state index contributed by atoms with van der Waals surface area (Å²) in [6, 6.07) is 28.7. The maximum atomic E-state index is 2.52. The van der Waals surface area contributed by atoms with Crippen molar-refractivity contribution >= 4 is 19.3 Å². The van der Waals surface area contributed by atoms with E-state index < -0.39 is 8.07 Å². The van der Waals surface area contributed by atoms with Crippen molar-refractivity contribution in [1.29, 1.82) is 0 Å². The van der Waals surface area contributed by atoms with Crippen LogP contribution in [0.25, 0.3) is 28.1 Å². The van der Waals surface area contributed by atoms with Crippen molar-refractivity contribution in [3.8, 4) is 16.8 Å². The van der Waals surface area contributed by atoms with E-state index >= 15 is 0 Å². The Hall–Kier alpha value is -1.90. The minimum atomic E-state index is -1.19. The molecule has 5 heteroatoms. The van der Waals surface area contributed by atoms with Crippen molar-refractivity contribution in [2.75, 3.05) is 0 Å². The van der Waals surface area contributed by atoms with Crippen molar-refractivity contribution in [2.24, 2.45) is 0 Å². The summed E-state index contributed by atoms with van der Waals surface area (Å²) in [5, 5.41) is 1.71. The van der Waals surface area contributed by atoms with Gasteiger partial charge < -0.3 is 29.4 Å². The zero-order valence-corrected chi connectivity index (χ0v) is 28.4. The number of rotatable bonds is 2. The normalized spacial score (nSPS) is 19.0. The first-order valence-corrected chi connectivity index (χ1v) is 17.8. The minimum Gasteiger partial charge on any atom is -1.00 e. The third-order valence-electron chi connectivity index (χ3n) is 8.61. The van der Waals surface area contributed by atoms with Gasteiger partial charge in [0.05, 0.1) is 8.07 Å². The summed E-state index contributed by atoms with van der Waals surface area (Å²) in [6.45, 7) is 14.0. The largest absolute Gasteiger partial charge is 1.00 e. The first-order valence-electron chi connectivity index (χ1n) is 13.3. The molecule has 0 saturated heterocycles.